The fourth-order valence-electron chi connectivity index (χ4n) is 5.67. The number of carbonyl (C=O) groups is 3. The van der Waals surface area contributed by atoms with Crippen LogP contribution in [-0.4, -0.2) is 50.0 Å². The molecule has 2 heterocycles. The summed E-state index contributed by atoms with van der Waals surface area (Å²) in [5, 5.41) is 9.90. The van der Waals surface area contributed by atoms with Gasteiger partial charge in [-0.1, -0.05) is 17.7 Å². The molecule has 0 bridgehead atoms. The second kappa shape index (κ2) is 11.0. The zero-order valence-corrected chi connectivity index (χ0v) is 21.6. The highest BCUT2D eigenvalue weighted by molar-refractivity contribution is 6.30. The van der Waals surface area contributed by atoms with E-state index in [0.29, 0.717) is 18.1 Å². The van der Waals surface area contributed by atoms with Crippen molar-refractivity contribution in [3.05, 3.63) is 58.4 Å². The fraction of sp³-hybridized carbons (Fsp3) is 0.462. The number of hydrogen-bond donors (Lipinski definition) is 2. The van der Waals surface area contributed by atoms with Gasteiger partial charge in [-0.05, 0) is 68.6 Å². The van der Waals surface area contributed by atoms with E-state index >= 15 is 0 Å². The van der Waals surface area contributed by atoms with Gasteiger partial charge in [-0.3, -0.25) is 14.4 Å². The summed E-state index contributed by atoms with van der Waals surface area (Å²) in [5.74, 6) is -0.895. The lowest BCUT2D eigenvalue weighted by Crippen LogP contribution is -2.41. The maximum atomic E-state index is 13.4. The first kappa shape index (κ1) is 26.0. The summed E-state index contributed by atoms with van der Waals surface area (Å²) in [6.07, 6.45) is 5.39. The third kappa shape index (κ3) is 5.33. The van der Waals surface area contributed by atoms with E-state index in [1.165, 1.54) is 35.1 Å². The van der Waals surface area contributed by atoms with Crippen LogP contribution in [0.3, 0.4) is 0 Å². The summed E-state index contributed by atoms with van der Waals surface area (Å²) in [4.78, 5) is 46.7. The van der Waals surface area contributed by atoms with Crippen molar-refractivity contribution < 1.29 is 23.5 Å². The van der Waals surface area contributed by atoms with Crippen LogP contribution < -0.4 is 10.6 Å². The standard InChI is InChI=1S/C26H28ClFN6O4/c1-2-38-25(37)16-4-6-17-15(10-16)5-8-20(17)32-24(36)22-11-21(33-26-30-13-31-34(22)26)23(35)29-12-14-3-7-19(28)18(27)9-14/h3,7,9,11,13,15-17,20H,2,4-6,8,10,12H2,1H3,(H,29,35)(H,32,36)/t15?,16?,17-,20+/m1/s1. The van der Waals surface area contributed by atoms with Crippen LogP contribution in [0.25, 0.3) is 5.78 Å². The Kier molecular flexibility index (Phi) is 7.55. The number of esters is 1. The Morgan fingerprint density at radius 2 is 2.00 bits per heavy atom. The molecule has 2 aromatic heterocycles. The predicted octanol–water partition coefficient (Wildman–Crippen LogP) is 3.33. The van der Waals surface area contributed by atoms with Gasteiger partial charge >= 0.3 is 5.97 Å². The van der Waals surface area contributed by atoms with Crippen LogP contribution in [0.2, 0.25) is 5.02 Å². The molecule has 2 aliphatic rings. The number of ether oxygens (including phenoxy) is 1. The van der Waals surface area contributed by atoms with E-state index in [0.717, 1.165) is 32.1 Å². The molecule has 0 spiro atoms. The van der Waals surface area contributed by atoms with Gasteiger partial charge in [-0.2, -0.15) is 14.6 Å². The molecule has 200 valence electrons. The van der Waals surface area contributed by atoms with Gasteiger partial charge in [0.2, 0.25) is 0 Å². The van der Waals surface area contributed by atoms with Gasteiger partial charge in [0.05, 0.1) is 17.5 Å². The zero-order valence-electron chi connectivity index (χ0n) is 20.8. The number of rotatable bonds is 7. The van der Waals surface area contributed by atoms with Crippen molar-refractivity contribution in [2.45, 2.75) is 51.6 Å². The van der Waals surface area contributed by atoms with Gasteiger partial charge in [0.1, 0.15) is 23.5 Å². The van der Waals surface area contributed by atoms with Gasteiger partial charge < -0.3 is 15.4 Å². The van der Waals surface area contributed by atoms with E-state index in [9.17, 15) is 18.8 Å². The molecule has 1 aromatic carbocycles. The third-order valence-corrected chi connectivity index (χ3v) is 7.79. The molecule has 3 aromatic rings. The number of nitrogens with zero attached hydrogens (tertiary/aromatic N) is 4. The number of halogens is 2. The van der Waals surface area contributed by atoms with Gasteiger partial charge in [0.15, 0.2) is 0 Å². The monoisotopic (exact) mass is 542 g/mol. The molecule has 2 fully saturated rings. The Bertz CT molecular complexity index is 1380. The van der Waals surface area contributed by atoms with Gasteiger partial charge in [0, 0.05) is 18.7 Å². The fourth-order valence-corrected chi connectivity index (χ4v) is 5.87. The zero-order chi connectivity index (χ0) is 26.8. The number of hydrogen-bond acceptors (Lipinski definition) is 7. The van der Waals surface area contributed by atoms with Gasteiger partial charge in [0.25, 0.3) is 17.6 Å². The van der Waals surface area contributed by atoms with E-state index < -0.39 is 11.7 Å². The van der Waals surface area contributed by atoms with Crippen molar-refractivity contribution in [2.24, 2.45) is 17.8 Å². The van der Waals surface area contributed by atoms with E-state index in [-0.39, 0.29) is 58.5 Å². The van der Waals surface area contributed by atoms with Crippen LogP contribution in [0, 0.1) is 23.6 Å². The average Bonchev–Trinajstić information content (AvgIpc) is 3.55. The quantitative estimate of drug-likeness (QED) is 0.438. The van der Waals surface area contributed by atoms with Crippen molar-refractivity contribution in [3.8, 4) is 0 Å². The van der Waals surface area contributed by atoms with E-state index in [4.69, 9.17) is 16.3 Å². The number of carbonyl (C=O) groups excluding carboxylic acids is 3. The highest BCUT2D eigenvalue weighted by atomic mass is 35.5. The van der Waals surface area contributed by atoms with Crippen LogP contribution >= 0.6 is 11.6 Å². The summed E-state index contributed by atoms with van der Waals surface area (Å²) >= 11 is 5.82. The van der Waals surface area contributed by atoms with Crippen LogP contribution in [0.5, 0.6) is 0 Å². The predicted molar refractivity (Wildman–Crippen MR) is 135 cm³/mol. The second-order valence-electron chi connectivity index (χ2n) is 9.77. The summed E-state index contributed by atoms with van der Waals surface area (Å²) in [7, 11) is 0. The Balaban J connectivity index is 1.27. The first-order valence-corrected chi connectivity index (χ1v) is 13.1. The summed E-state index contributed by atoms with van der Waals surface area (Å²) < 4.78 is 19.9. The summed E-state index contributed by atoms with van der Waals surface area (Å²) in [5.41, 5.74) is 0.758. The van der Waals surface area contributed by atoms with Crippen molar-refractivity contribution >= 4 is 35.2 Å². The highest BCUT2D eigenvalue weighted by Crippen LogP contribution is 2.44. The largest absolute Gasteiger partial charge is 0.466 e. The topological polar surface area (TPSA) is 128 Å². The Morgan fingerprint density at radius 1 is 1.16 bits per heavy atom. The number of amides is 2. The lowest BCUT2D eigenvalue weighted by molar-refractivity contribution is -0.150. The van der Waals surface area contributed by atoms with Gasteiger partial charge in [-0.15, -0.1) is 0 Å². The molecule has 2 amide bonds. The lowest BCUT2D eigenvalue weighted by atomic mass is 9.75. The molecule has 38 heavy (non-hydrogen) atoms. The molecule has 10 nitrogen and oxygen atoms in total. The molecule has 2 unspecified atom stereocenters. The molecule has 4 atom stereocenters. The molecule has 12 heteroatoms. The van der Waals surface area contributed by atoms with Crippen molar-refractivity contribution in [1.82, 2.24) is 30.2 Å². The van der Waals surface area contributed by atoms with E-state index in [1.807, 2.05) is 6.92 Å². The molecule has 2 aliphatic carbocycles. The van der Waals surface area contributed by atoms with E-state index in [2.05, 4.69) is 25.7 Å². The number of nitrogens with one attached hydrogen (secondary N) is 2. The minimum atomic E-state index is -0.544. The first-order valence-electron chi connectivity index (χ1n) is 12.7. The molecular formula is C26H28ClFN6O4. The molecule has 0 aliphatic heterocycles. The Labute approximate surface area is 223 Å². The SMILES string of the molecule is CCOC(=O)C1CC[C@@H]2C(CC[C@@H]2NC(=O)c2cc(C(=O)NCc3ccc(F)c(Cl)c3)nc3ncnn23)C1. The van der Waals surface area contributed by atoms with Crippen molar-refractivity contribution in [1.29, 1.82) is 0 Å². The Hall–Kier alpha value is -3.60. The van der Waals surface area contributed by atoms with Crippen LogP contribution in [0.1, 0.15) is 65.6 Å². The first-order chi connectivity index (χ1) is 18.3. The van der Waals surface area contributed by atoms with E-state index in [1.54, 1.807) is 0 Å². The minimum absolute atomic E-state index is 0.00287. The Morgan fingerprint density at radius 3 is 2.79 bits per heavy atom. The third-order valence-electron chi connectivity index (χ3n) is 7.50. The maximum Gasteiger partial charge on any atom is 0.308 e. The lowest BCUT2D eigenvalue weighted by Gasteiger charge is -2.33. The van der Waals surface area contributed by atoms with Crippen LogP contribution in [0.4, 0.5) is 4.39 Å². The number of benzene rings is 1. The smallest absolute Gasteiger partial charge is 0.308 e. The normalized spacial score (nSPS) is 22.6. The van der Waals surface area contributed by atoms with Crippen molar-refractivity contribution in [2.75, 3.05) is 6.61 Å². The summed E-state index contributed by atoms with van der Waals surface area (Å²) in [6.45, 7) is 2.29. The summed E-state index contributed by atoms with van der Waals surface area (Å²) in [6, 6.07) is 5.52. The van der Waals surface area contributed by atoms with Crippen LogP contribution in [0.15, 0.2) is 30.6 Å². The van der Waals surface area contributed by atoms with Crippen molar-refractivity contribution in [3.63, 3.8) is 0 Å². The molecule has 2 N–H and O–H groups in total. The molecule has 0 saturated heterocycles. The average molecular weight is 543 g/mol. The molecular weight excluding hydrogens is 515 g/mol. The maximum absolute atomic E-state index is 13.4. The minimum Gasteiger partial charge on any atom is -0.466 e. The molecule has 0 radical (unpaired) electrons. The van der Waals surface area contributed by atoms with Gasteiger partial charge in [-0.25, -0.2) is 9.37 Å². The highest BCUT2D eigenvalue weighted by Gasteiger charge is 2.43. The molecule has 5 rings (SSSR count). The van der Waals surface area contributed by atoms with Crippen LogP contribution in [-0.2, 0) is 16.1 Å². The number of aromatic nitrogens is 4. The number of fused-ring (bicyclic) bond motifs is 2. The molecule has 2 saturated carbocycles. The second-order valence-corrected chi connectivity index (χ2v) is 10.2.